The van der Waals surface area contributed by atoms with Crippen molar-refractivity contribution in [3.8, 4) is 0 Å². The third-order valence-corrected chi connectivity index (χ3v) is 2.13. The molecule has 0 unspecified atom stereocenters. The van der Waals surface area contributed by atoms with Crippen LogP contribution in [0, 0.1) is 6.92 Å². The maximum atomic E-state index is 5.53. The Kier molecular flexibility index (Phi) is 3.20. The normalized spacial score (nSPS) is 9.94. The van der Waals surface area contributed by atoms with E-state index in [1.54, 1.807) is 18.5 Å². The molecule has 0 aliphatic carbocycles. The first-order valence-electron chi connectivity index (χ1n) is 4.82. The molecule has 0 fully saturated rings. The smallest absolute Gasteiger partial charge is 0.228 e. The first-order chi connectivity index (χ1) is 8.15. The molecule has 0 atom stereocenters. The van der Waals surface area contributed by atoms with E-state index in [0.717, 1.165) is 5.69 Å². The fourth-order valence-corrected chi connectivity index (χ4v) is 1.35. The van der Waals surface area contributed by atoms with E-state index in [1.807, 2.05) is 6.92 Å². The van der Waals surface area contributed by atoms with Crippen LogP contribution in [0.15, 0.2) is 24.8 Å². The van der Waals surface area contributed by atoms with Crippen LogP contribution in [0.4, 0.5) is 11.6 Å². The monoisotopic (exact) mass is 246 g/mol. The van der Waals surface area contributed by atoms with Crippen LogP contribution in [0.1, 0.15) is 11.4 Å². The topological polar surface area (TPSA) is 89.6 Å². The zero-order valence-corrected chi connectivity index (χ0v) is 9.90. The largest absolute Gasteiger partial charge is 0.388 e. The van der Waals surface area contributed by atoms with Crippen LogP contribution in [0.25, 0.3) is 0 Å². The van der Waals surface area contributed by atoms with Crippen molar-refractivity contribution in [3.05, 3.63) is 36.2 Å². The van der Waals surface area contributed by atoms with E-state index in [-0.39, 0.29) is 4.99 Å². The van der Waals surface area contributed by atoms with Gasteiger partial charge in [0.05, 0.1) is 18.1 Å². The summed E-state index contributed by atoms with van der Waals surface area (Å²) in [6.45, 7) is 1.84. The number of nitrogens with zero attached hydrogens (tertiary/aromatic N) is 4. The summed E-state index contributed by atoms with van der Waals surface area (Å²) >= 11 is 4.88. The molecule has 0 radical (unpaired) electrons. The van der Waals surface area contributed by atoms with Crippen molar-refractivity contribution in [2.24, 2.45) is 5.73 Å². The van der Waals surface area contributed by atoms with Crippen molar-refractivity contribution < 1.29 is 0 Å². The van der Waals surface area contributed by atoms with Crippen LogP contribution in [0.2, 0.25) is 0 Å². The minimum atomic E-state index is 0.239. The molecule has 2 aromatic rings. The van der Waals surface area contributed by atoms with E-state index < -0.39 is 0 Å². The minimum Gasteiger partial charge on any atom is -0.388 e. The fourth-order valence-electron chi connectivity index (χ4n) is 1.24. The lowest BCUT2D eigenvalue weighted by Crippen LogP contribution is -2.13. The minimum absolute atomic E-state index is 0.239. The number of aromatic nitrogens is 4. The lowest BCUT2D eigenvalue weighted by atomic mass is 10.3. The lowest BCUT2D eigenvalue weighted by molar-refractivity contribution is 1.08. The van der Waals surface area contributed by atoms with Crippen LogP contribution in [0.3, 0.4) is 0 Å². The number of rotatable bonds is 3. The highest BCUT2D eigenvalue weighted by atomic mass is 32.1. The van der Waals surface area contributed by atoms with Crippen LogP contribution < -0.4 is 11.1 Å². The summed E-state index contributed by atoms with van der Waals surface area (Å²) in [6.07, 6.45) is 4.70. The van der Waals surface area contributed by atoms with Crippen molar-refractivity contribution in [2.75, 3.05) is 5.32 Å². The Morgan fingerprint density at radius 3 is 2.65 bits per heavy atom. The first-order valence-corrected chi connectivity index (χ1v) is 5.23. The molecule has 17 heavy (non-hydrogen) atoms. The van der Waals surface area contributed by atoms with E-state index in [2.05, 4.69) is 25.3 Å². The predicted molar refractivity (Wildman–Crippen MR) is 68.0 cm³/mol. The molecular weight excluding hydrogens is 236 g/mol. The number of nitrogens with two attached hydrogens (primary N) is 1. The molecule has 0 aromatic carbocycles. The molecule has 2 rings (SSSR count). The van der Waals surface area contributed by atoms with E-state index in [4.69, 9.17) is 18.0 Å². The van der Waals surface area contributed by atoms with Crippen LogP contribution in [0.5, 0.6) is 0 Å². The van der Waals surface area contributed by atoms with E-state index in [9.17, 15) is 0 Å². The van der Waals surface area contributed by atoms with Gasteiger partial charge >= 0.3 is 0 Å². The summed E-state index contributed by atoms with van der Waals surface area (Å²) in [7, 11) is 0. The summed E-state index contributed by atoms with van der Waals surface area (Å²) in [5.41, 5.74) is 7.55. The molecule has 86 valence electrons. The molecule has 0 saturated heterocycles. The van der Waals surface area contributed by atoms with Gasteiger partial charge in [-0.15, -0.1) is 0 Å². The van der Waals surface area contributed by atoms with Crippen molar-refractivity contribution in [1.82, 2.24) is 19.9 Å². The van der Waals surface area contributed by atoms with Gasteiger partial charge in [0.1, 0.15) is 17.0 Å². The van der Waals surface area contributed by atoms with E-state index in [1.165, 1.54) is 6.33 Å². The molecule has 0 aliphatic rings. The van der Waals surface area contributed by atoms with Gasteiger partial charge in [0.25, 0.3) is 0 Å². The quantitative estimate of drug-likeness (QED) is 0.779. The summed E-state index contributed by atoms with van der Waals surface area (Å²) in [6, 6.07) is 1.73. The molecule has 0 bridgehead atoms. The molecule has 6 nitrogen and oxygen atoms in total. The third-order valence-electron chi connectivity index (χ3n) is 1.92. The first kappa shape index (κ1) is 11.3. The van der Waals surface area contributed by atoms with Gasteiger partial charge in [0.15, 0.2) is 0 Å². The molecule has 0 amide bonds. The van der Waals surface area contributed by atoms with Gasteiger partial charge in [0, 0.05) is 5.69 Å². The maximum absolute atomic E-state index is 5.53. The second kappa shape index (κ2) is 4.79. The van der Waals surface area contributed by atoms with Crippen LogP contribution in [-0.2, 0) is 0 Å². The Labute approximate surface area is 103 Å². The maximum Gasteiger partial charge on any atom is 0.228 e. The Morgan fingerprint density at radius 2 is 2.00 bits per heavy atom. The highest BCUT2D eigenvalue weighted by Crippen LogP contribution is 2.11. The summed E-state index contributed by atoms with van der Waals surface area (Å²) < 4.78 is 0. The zero-order valence-electron chi connectivity index (χ0n) is 9.08. The van der Waals surface area contributed by atoms with Gasteiger partial charge in [-0.05, 0) is 13.0 Å². The van der Waals surface area contributed by atoms with E-state index in [0.29, 0.717) is 17.3 Å². The van der Waals surface area contributed by atoms with Crippen LogP contribution >= 0.6 is 12.2 Å². The average Bonchev–Trinajstić information content (AvgIpc) is 2.29. The summed E-state index contributed by atoms with van der Waals surface area (Å²) in [5, 5.41) is 2.98. The molecule has 0 aliphatic heterocycles. The SMILES string of the molecule is Cc1cc(C(N)=S)nc(Nc2cncnc2)n1. The summed E-state index contributed by atoms with van der Waals surface area (Å²) in [5.74, 6) is 0.419. The Morgan fingerprint density at radius 1 is 1.29 bits per heavy atom. The fraction of sp³-hybridized carbons (Fsp3) is 0.100. The second-order valence-corrected chi connectivity index (χ2v) is 3.77. The lowest BCUT2D eigenvalue weighted by Gasteiger charge is -2.06. The van der Waals surface area contributed by atoms with Gasteiger partial charge in [-0.3, -0.25) is 0 Å². The Hall–Kier alpha value is -2.15. The number of thiocarbonyl (C=S) groups is 1. The second-order valence-electron chi connectivity index (χ2n) is 3.33. The number of anilines is 2. The van der Waals surface area contributed by atoms with E-state index >= 15 is 0 Å². The molecule has 0 saturated carbocycles. The molecule has 3 N–H and O–H groups in total. The van der Waals surface area contributed by atoms with Gasteiger partial charge in [0.2, 0.25) is 5.95 Å². The highest BCUT2D eigenvalue weighted by molar-refractivity contribution is 7.80. The predicted octanol–water partition coefficient (Wildman–Crippen LogP) is 0.953. The van der Waals surface area contributed by atoms with Gasteiger partial charge in [-0.2, -0.15) is 0 Å². The van der Waals surface area contributed by atoms with Gasteiger partial charge in [-0.25, -0.2) is 19.9 Å². The summed E-state index contributed by atoms with van der Waals surface area (Å²) in [4.78, 5) is 16.4. The number of aryl methyl sites for hydroxylation is 1. The molecule has 0 spiro atoms. The average molecular weight is 246 g/mol. The van der Waals surface area contributed by atoms with Crippen molar-refractivity contribution in [1.29, 1.82) is 0 Å². The molecule has 7 heteroatoms. The standard InChI is InChI=1S/C10H10N6S/c1-6-2-8(9(11)17)16-10(14-6)15-7-3-12-5-13-4-7/h2-5H,1H3,(H2,11,17)(H,14,15,16). The van der Waals surface area contributed by atoms with Crippen molar-refractivity contribution >= 4 is 28.8 Å². The van der Waals surface area contributed by atoms with Gasteiger partial charge < -0.3 is 11.1 Å². The number of nitrogens with one attached hydrogen (secondary N) is 1. The Balaban J connectivity index is 2.30. The molecule has 2 aromatic heterocycles. The van der Waals surface area contributed by atoms with Crippen molar-refractivity contribution in [3.63, 3.8) is 0 Å². The highest BCUT2D eigenvalue weighted by Gasteiger charge is 2.04. The Bertz CT molecular complexity index is 542. The number of hydrogen-bond donors (Lipinski definition) is 2. The van der Waals surface area contributed by atoms with Crippen LogP contribution in [-0.4, -0.2) is 24.9 Å². The number of hydrogen-bond acceptors (Lipinski definition) is 6. The third kappa shape index (κ3) is 2.91. The van der Waals surface area contributed by atoms with Crippen molar-refractivity contribution in [2.45, 2.75) is 6.92 Å². The molecule has 2 heterocycles. The van der Waals surface area contributed by atoms with Gasteiger partial charge in [-0.1, -0.05) is 12.2 Å². The molecular formula is C10H10N6S. The zero-order chi connectivity index (χ0) is 12.3.